The molecule has 1 aromatic rings. The highest BCUT2D eigenvalue weighted by Crippen LogP contribution is 2.36. The zero-order valence-electron chi connectivity index (χ0n) is 15.2. The molecule has 0 spiro atoms. The van der Waals surface area contributed by atoms with Gasteiger partial charge in [-0.25, -0.2) is 8.42 Å². The van der Waals surface area contributed by atoms with E-state index in [1.165, 1.54) is 4.31 Å². The summed E-state index contributed by atoms with van der Waals surface area (Å²) in [4.78, 5) is 15.1. The maximum atomic E-state index is 12.9. The Morgan fingerprint density at radius 3 is 2.26 bits per heavy atom. The van der Waals surface area contributed by atoms with Crippen molar-refractivity contribution in [3.63, 3.8) is 0 Å². The van der Waals surface area contributed by atoms with Crippen LogP contribution in [0, 0.1) is 5.92 Å². The summed E-state index contributed by atoms with van der Waals surface area (Å²) in [6, 6.07) is 3.54. The van der Waals surface area contributed by atoms with Crippen molar-refractivity contribution >= 4 is 38.9 Å². The first-order chi connectivity index (χ1) is 13.0. The van der Waals surface area contributed by atoms with Crippen LogP contribution >= 0.6 is 22.9 Å². The number of thiophene rings is 1. The van der Waals surface area contributed by atoms with Crippen LogP contribution in [0.2, 0.25) is 4.34 Å². The van der Waals surface area contributed by atoms with Gasteiger partial charge in [-0.05, 0) is 50.7 Å². The smallest absolute Gasteiger partial charge is 0.252 e. The second kappa shape index (κ2) is 7.99. The van der Waals surface area contributed by atoms with E-state index >= 15 is 0 Å². The van der Waals surface area contributed by atoms with Crippen LogP contribution in [0.3, 0.4) is 0 Å². The van der Waals surface area contributed by atoms with E-state index < -0.39 is 10.0 Å². The first-order valence-corrected chi connectivity index (χ1v) is 12.3. The molecule has 150 valence electrons. The highest BCUT2D eigenvalue weighted by Gasteiger charge is 2.42. The summed E-state index contributed by atoms with van der Waals surface area (Å²) < 4.78 is 33.4. The van der Waals surface area contributed by atoms with Crippen molar-refractivity contribution in [3.8, 4) is 0 Å². The third kappa shape index (κ3) is 4.19. The SMILES string of the molecule is O=C(C1CC1)N(C1CCOCC1)C1CCN(S(=O)(=O)c2ccc(Cl)s2)CC1. The fourth-order valence-corrected chi connectivity index (χ4v) is 7.19. The molecule has 0 aromatic carbocycles. The lowest BCUT2D eigenvalue weighted by Gasteiger charge is -2.43. The van der Waals surface area contributed by atoms with Crippen LogP contribution in [-0.2, 0) is 19.6 Å². The predicted octanol–water partition coefficient (Wildman–Crippen LogP) is 2.97. The van der Waals surface area contributed by atoms with Crippen molar-refractivity contribution in [1.29, 1.82) is 0 Å². The van der Waals surface area contributed by atoms with Gasteiger partial charge in [-0.1, -0.05) is 11.6 Å². The second-order valence-electron chi connectivity index (χ2n) is 7.56. The van der Waals surface area contributed by atoms with Gasteiger partial charge in [0.15, 0.2) is 0 Å². The van der Waals surface area contributed by atoms with Gasteiger partial charge < -0.3 is 9.64 Å². The fraction of sp³-hybridized carbons (Fsp3) is 0.722. The zero-order valence-corrected chi connectivity index (χ0v) is 17.6. The van der Waals surface area contributed by atoms with Gasteiger partial charge in [-0.3, -0.25) is 4.79 Å². The summed E-state index contributed by atoms with van der Waals surface area (Å²) in [5, 5.41) is 0. The van der Waals surface area contributed by atoms with Crippen molar-refractivity contribution in [2.24, 2.45) is 5.92 Å². The number of carbonyl (C=O) groups excluding carboxylic acids is 1. The summed E-state index contributed by atoms with van der Waals surface area (Å²) in [5.74, 6) is 0.455. The normalized spacial score (nSPS) is 23.4. The van der Waals surface area contributed by atoms with Crippen molar-refractivity contribution in [3.05, 3.63) is 16.5 Å². The number of halogens is 1. The summed E-state index contributed by atoms with van der Waals surface area (Å²) >= 11 is 7.00. The van der Waals surface area contributed by atoms with Crippen LogP contribution in [0.15, 0.2) is 16.3 Å². The van der Waals surface area contributed by atoms with Crippen molar-refractivity contribution in [2.75, 3.05) is 26.3 Å². The van der Waals surface area contributed by atoms with Gasteiger partial charge in [0.1, 0.15) is 4.21 Å². The average Bonchev–Trinajstić information content (AvgIpc) is 3.44. The molecule has 9 heteroatoms. The number of carbonyl (C=O) groups is 1. The molecule has 0 radical (unpaired) electrons. The molecule has 1 aromatic heterocycles. The Kier molecular flexibility index (Phi) is 5.81. The minimum atomic E-state index is -3.50. The number of rotatable bonds is 5. The third-order valence-electron chi connectivity index (χ3n) is 5.72. The highest BCUT2D eigenvalue weighted by molar-refractivity contribution is 7.91. The Balaban J connectivity index is 1.45. The number of piperidine rings is 1. The molecule has 1 aliphatic carbocycles. The quantitative estimate of drug-likeness (QED) is 0.717. The highest BCUT2D eigenvalue weighted by atomic mass is 35.5. The molecule has 27 heavy (non-hydrogen) atoms. The molecule has 1 amide bonds. The average molecular weight is 433 g/mol. The van der Waals surface area contributed by atoms with Crippen molar-refractivity contribution in [2.45, 2.75) is 54.8 Å². The molecule has 3 heterocycles. The number of hydrogen-bond donors (Lipinski definition) is 0. The topological polar surface area (TPSA) is 66.9 Å². The molecule has 3 aliphatic rings. The van der Waals surface area contributed by atoms with Crippen LogP contribution in [-0.4, -0.2) is 61.9 Å². The molecule has 0 N–H and O–H groups in total. The van der Waals surface area contributed by atoms with Gasteiger partial charge in [0.25, 0.3) is 10.0 Å². The first-order valence-electron chi connectivity index (χ1n) is 9.62. The van der Waals surface area contributed by atoms with E-state index in [1.54, 1.807) is 12.1 Å². The van der Waals surface area contributed by atoms with E-state index in [1.807, 2.05) is 0 Å². The van der Waals surface area contributed by atoms with Crippen molar-refractivity contribution < 1.29 is 17.9 Å². The standard InChI is InChI=1S/C18H25ClN2O4S2/c19-16-3-4-17(26-16)27(23,24)20-9-5-14(6-10-20)21(18(22)13-1-2-13)15-7-11-25-12-8-15/h3-4,13-15H,1-2,5-12H2. The van der Waals surface area contributed by atoms with E-state index in [0.29, 0.717) is 47.7 Å². The number of ether oxygens (including phenoxy) is 1. The zero-order chi connectivity index (χ0) is 19.0. The van der Waals surface area contributed by atoms with Crippen LogP contribution in [0.1, 0.15) is 38.5 Å². The lowest BCUT2D eigenvalue weighted by Crippen LogP contribution is -2.54. The summed E-state index contributed by atoms with van der Waals surface area (Å²) in [5.41, 5.74) is 0. The third-order valence-corrected chi connectivity index (χ3v) is 9.32. The van der Waals surface area contributed by atoms with E-state index in [4.69, 9.17) is 16.3 Å². The molecule has 2 aliphatic heterocycles. The molecular weight excluding hydrogens is 408 g/mol. The lowest BCUT2D eigenvalue weighted by molar-refractivity contribution is -0.141. The maximum Gasteiger partial charge on any atom is 0.252 e. The Labute approximate surface area is 169 Å². The summed E-state index contributed by atoms with van der Waals surface area (Å²) in [6.45, 7) is 2.29. The Hall–Kier alpha value is -0.670. The molecule has 0 unspecified atom stereocenters. The Morgan fingerprint density at radius 2 is 1.70 bits per heavy atom. The Morgan fingerprint density at radius 1 is 1.07 bits per heavy atom. The van der Waals surface area contributed by atoms with Gasteiger partial charge in [-0.15, -0.1) is 11.3 Å². The van der Waals surface area contributed by atoms with Crippen LogP contribution in [0.4, 0.5) is 0 Å². The summed E-state index contributed by atoms with van der Waals surface area (Å²) in [6.07, 6.45) is 5.12. The molecule has 3 fully saturated rings. The summed E-state index contributed by atoms with van der Waals surface area (Å²) in [7, 11) is -3.50. The number of hydrogen-bond acceptors (Lipinski definition) is 5. The van der Waals surface area contributed by atoms with E-state index in [0.717, 1.165) is 37.0 Å². The fourth-order valence-electron chi connectivity index (χ4n) is 4.09. The van der Waals surface area contributed by atoms with E-state index in [9.17, 15) is 13.2 Å². The van der Waals surface area contributed by atoms with Gasteiger partial charge in [-0.2, -0.15) is 4.31 Å². The van der Waals surface area contributed by atoms with Gasteiger partial charge in [0.05, 0.1) is 4.34 Å². The molecule has 6 nitrogen and oxygen atoms in total. The van der Waals surface area contributed by atoms with Gasteiger partial charge in [0.2, 0.25) is 5.91 Å². The molecule has 0 bridgehead atoms. The van der Waals surface area contributed by atoms with Gasteiger partial charge >= 0.3 is 0 Å². The molecular formula is C18H25ClN2O4S2. The van der Waals surface area contributed by atoms with E-state index in [2.05, 4.69) is 4.90 Å². The van der Waals surface area contributed by atoms with Gasteiger partial charge in [0, 0.05) is 44.3 Å². The van der Waals surface area contributed by atoms with Crippen LogP contribution < -0.4 is 0 Å². The molecule has 4 rings (SSSR count). The lowest BCUT2D eigenvalue weighted by atomic mass is 9.98. The molecule has 2 saturated heterocycles. The number of amides is 1. The van der Waals surface area contributed by atoms with Crippen LogP contribution in [0.25, 0.3) is 0 Å². The maximum absolute atomic E-state index is 12.9. The Bertz CT molecular complexity index is 779. The van der Waals surface area contributed by atoms with E-state index in [-0.39, 0.29) is 23.9 Å². The number of nitrogens with zero attached hydrogens (tertiary/aromatic N) is 2. The predicted molar refractivity (Wildman–Crippen MR) is 105 cm³/mol. The number of sulfonamides is 1. The van der Waals surface area contributed by atoms with Crippen LogP contribution in [0.5, 0.6) is 0 Å². The largest absolute Gasteiger partial charge is 0.381 e. The minimum absolute atomic E-state index is 0.125. The van der Waals surface area contributed by atoms with Crippen molar-refractivity contribution in [1.82, 2.24) is 9.21 Å². The first kappa shape index (κ1) is 19.6. The molecule has 1 saturated carbocycles. The molecule has 0 atom stereocenters. The minimum Gasteiger partial charge on any atom is -0.381 e. The second-order valence-corrected chi connectivity index (χ2v) is 11.4. The monoisotopic (exact) mass is 432 g/mol.